The second-order valence-electron chi connectivity index (χ2n) is 5.26. The smallest absolute Gasteiger partial charge is 0.323 e. The van der Waals surface area contributed by atoms with Gasteiger partial charge in [0.05, 0.1) is 7.11 Å². The predicted molar refractivity (Wildman–Crippen MR) is 76.7 cm³/mol. The van der Waals surface area contributed by atoms with Gasteiger partial charge in [0.2, 0.25) is 0 Å². The van der Waals surface area contributed by atoms with E-state index in [1.54, 1.807) is 0 Å². The molecular formula is C16H21NO3. The molecule has 1 aromatic carbocycles. The van der Waals surface area contributed by atoms with E-state index in [4.69, 9.17) is 4.74 Å². The molecule has 0 radical (unpaired) electrons. The fourth-order valence-electron chi connectivity index (χ4n) is 2.63. The van der Waals surface area contributed by atoms with Gasteiger partial charge in [0.1, 0.15) is 6.04 Å². The van der Waals surface area contributed by atoms with Crippen molar-refractivity contribution in [3.63, 3.8) is 0 Å². The Morgan fingerprint density at radius 2 is 2.00 bits per heavy atom. The van der Waals surface area contributed by atoms with Gasteiger partial charge in [0.25, 0.3) is 0 Å². The van der Waals surface area contributed by atoms with Crippen LogP contribution >= 0.6 is 0 Å². The number of hydrogen-bond acceptors (Lipinski definition) is 4. The van der Waals surface area contributed by atoms with Crippen LogP contribution in [0.1, 0.15) is 35.2 Å². The zero-order valence-corrected chi connectivity index (χ0v) is 12.1. The van der Waals surface area contributed by atoms with Crippen molar-refractivity contribution in [2.45, 2.75) is 32.2 Å². The molecule has 4 heteroatoms. The summed E-state index contributed by atoms with van der Waals surface area (Å²) in [5.74, 6) is -0.0641. The van der Waals surface area contributed by atoms with Gasteiger partial charge in [-0.25, -0.2) is 0 Å². The van der Waals surface area contributed by atoms with Crippen molar-refractivity contribution in [1.29, 1.82) is 0 Å². The average molecular weight is 275 g/mol. The van der Waals surface area contributed by atoms with Crippen LogP contribution < -0.4 is 0 Å². The van der Waals surface area contributed by atoms with Gasteiger partial charge in [0, 0.05) is 18.5 Å². The Kier molecular flexibility index (Phi) is 4.90. The van der Waals surface area contributed by atoms with Crippen LogP contribution in [0.4, 0.5) is 0 Å². The van der Waals surface area contributed by atoms with Crippen molar-refractivity contribution >= 4 is 11.8 Å². The van der Waals surface area contributed by atoms with Gasteiger partial charge in [-0.3, -0.25) is 14.5 Å². The van der Waals surface area contributed by atoms with Gasteiger partial charge in [0.15, 0.2) is 5.78 Å². The van der Waals surface area contributed by atoms with Crippen LogP contribution in [-0.2, 0) is 9.53 Å². The van der Waals surface area contributed by atoms with E-state index in [-0.39, 0.29) is 17.8 Å². The van der Waals surface area contributed by atoms with Gasteiger partial charge in [-0.05, 0) is 26.3 Å². The number of hydrogen-bond donors (Lipinski definition) is 0. The van der Waals surface area contributed by atoms with E-state index in [2.05, 4.69) is 4.90 Å². The number of benzene rings is 1. The largest absolute Gasteiger partial charge is 0.468 e. The third kappa shape index (κ3) is 3.45. The molecule has 4 nitrogen and oxygen atoms in total. The number of carbonyl (C=O) groups is 2. The molecule has 0 bridgehead atoms. The summed E-state index contributed by atoms with van der Waals surface area (Å²) in [6.45, 7) is 3.48. The van der Waals surface area contributed by atoms with Gasteiger partial charge in [-0.15, -0.1) is 0 Å². The molecule has 0 N–H and O–H groups in total. The number of esters is 1. The van der Waals surface area contributed by atoms with Crippen molar-refractivity contribution < 1.29 is 14.3 Å². The van der Waals surface area contributed by atoms with E-state index in [1.165, 1.54) is 7.11 Å². The highest BCUT2D eigenvalue weighted by molar-refractivity contribution is 5.96. The molecule has 1 fully saturated rings. The number of nitrogens with zero attached hydrogens (tertiary/aromatic N) is 1. The van der Waals surface area contributed by atoms with Crippen LogP contribution in [0.2, 0.25) is 0 Å². The molecule has 0 saturated carbocycles. The molecule has 0 spiro atoms. The third-order valence-corrected chi connectivity index (χ3v) is 3.84. The predicted octanol–water partition coefficient (Wildman–Crippen LogP) is 2.21. The number of rotatable bonds is 5. The van der Waals surface area contributed by atoms with Crippen LogP contribution in [0, 0.1) is 6.92 Å². The Labute approximate surface area is 119 Å². The number of Topliss-reactive ketones (excluding diaryl/α,β-unsaturated/α-hetero) is 1. The Hall–Kier alpha value is -1.68. The van der Waals surface area contributed by atoms with Crippen LogP contribution in [0.5, 0.6) is 0 Å². The quantitative estimate of drug-likeness (QED) is 0.610. The van der Waals surface area contributed by atoms with Crippen molar-refractivity contribution in [3.8, 4) is 0 Å². The normalized spacial score (nSPS) is 19.0. The van der Waals surface area contributed by atoms with Crippen molar-refractivity contribution in [2.75, 3.05) is 20.2 Å². The molecule has 20 heavy (non-hydrogen) atoms. The lowest BCUT2D eigenvalue weighted by molar-refractivity contribution is -0.145. The fourth-order valence-corrected chi connectivity index (χ4v) is 2.63. The van der Waals surface area contributed by atoms with E-state index < -0.39 is 0 Å². The number of carbonyl (C=O) groups excluding carboxylic acids is 2. The number of ketones is 1. The van der Waals surface area contributed by atoms with Crippen molar-refractivity contribution in [2.24, 2.45) is 0 Å². The number of aryl methyl sites for hydroxylation is 1. The standard InChI is InChI=1S/C16H21NO3/c1-12-5-7-13(8-6-12)15(18)9-11-17-10-3-4-14(17)16(19)20-2/h5-8,14H,3-4,9-11H2,1-2H3/t14-/m0/s1. The lowest BCUT2D eigenvalue weighted by Crippen LogP contribution is -2.38. The van der Waals surface area contributed by atoms with E-state index in [1.807, 2.05) is 31.2 Å². The molecule has 0 aliphatic carbocycles. The first-order valence-electron chi connectivity index (χ1n) is 7.03. The molecule has 1 heterocycles. The summed E-state index contributed by atoms with van der Waals surface area (Å²) in [6.07, 6.45) is 2.25. The summed E-state index contributed by atoms with van der Waals surface area (Å²) in [5.41, 5.74) is 1.89. The zero-order chi connectivity index (χ0) is 14.5. The minimum absolute atomic E-state index is 0.125. The van der Waals surface area contributed by atoms with E-state index in [9.17, 15) is 9.59 Å². The van der Waals surface area contributed by atoms with Crippen LogP contribution in [0.3, 0.4) is 0 Å². The average Bonchev–Trinajstić information content (AvgIpc) is 2.93. The Morgan fingerprint density at radius 3 is 2.65 bits per heavy atom. The highest BCUT2D eigenvalue weighted by Gasteiger charge is 2.31. The van der Waals surface area contributed by atoms with Gasteiger partial charge < -0.3 is 4.74 Å². The monoisotopic (exact) mass is 275 g/mol. The molecule has 1 saturated heterocycles. The van der Waals surface area contributed by atoms with Crippen molar-refractivity contribution in [3.05, 3.63) is 35.4 Å². The highest BCUT2D eigenvalue weighted by atomic mass is 16.5. The summed E-state index contributed by atoms with van der Waals surface area (Å²) in [6, 6.07) is 7.44. The molecule has 1 aliphatic heterocycles. The van der Waals surface area contributed by atoms with E-state index >= 15 is 0 Å². The maximum absolute atomic E-state index is 12.1. The van der Waals surface area contributed by atoms with Crippen LogP contribution in [0.25, 0.3) is 0 Å². The fraction of sp³-hybridized carbons (Fsp3) is 0.500. The summed E-state index contributed by atoms with van der Waals surface area (Å²) in [4.78, 5) is 25.8. The SMILES string of the molecule is COC(=O)[C@@H]1CCCN1CCC(=O)c1ccc(C)cc1. The summed E-state index contributed by atoms with van der Waals surface area (Å²) in [7, 11) is 1.41. The molecule has 108 valence electrons. The molecule has 1 aromatic rings. The minimum atomic E-state index is -0.190. The summed E-state index contributed by atoms with van der Waals surface area (Å²) < 4.78 is 4.80. The zero-order valence-electron chi connectivity index (χ0n) is 12.1. The van der Waals surface area contributed by atoms with Crippen LogP contribution in [-0.4, -0.2) is 42.9 Å². The summed E-state index contributed by atoms with van der Waals surface area (Å²) in [5, 5.41) is 0. The molecule has 0 amide bonds. The van der Waals surface area contributed by atoms with E-state index in [0.29, 0.717) is 13.0 Å². The Morgan fingerprint density at radius 1 is 1.30 bits per heavy atom. The molecule has 1 aliphatic rings. The van der Waals surface area contributed by atoms with Gasteiger partial charge in [-0.1, -0.05) is 29.8 Å². The second-order valence-corrected chi connectivity index (χ2v) is 5.26. The molecule has 0 aromatic heterocycles. The lowest BCUT2D eigenvalue weighted by atomic mass is 10.1. The first kappa shape index (κ1) is 14.7. The molecule has 0 unspecified atom stereocenters. The first-order chi connectivity index (χ1) is 9.61. The van der Waals surface area contributed by atoms with Gasteiger partial charge >= 0.3 is 5.97 Å². The Bertz CT molecular complexity index is 481. The Balaban J connectivity index is 1.89. The number of likely N-dealkylation sites (tertiary alicyclic amines) is 1. The third-order valence-electron chi connectivity index (χ3n) is 3.84. The maximum Gasteiger partial charge on any atom is 0.323 e. The molecule has 2 rings (SSSR count). The first-order valence-corrected chi connectivity index (χ1v) is 7.03. The number of ether oxygens (including phenoxy) is 1. The lowest BCUT2D eigenvalue weighted by Gasteiger charge is -2.21. The molecule has 1 atom stereocenters. The van der Waals surface area contributed by atoms with Gasteiger partial charge in [-0.2, -0.15) is 0 Å². The van der Waals surface area contributed by atoms with Crippen LogP contribution in [0.15, 0.2) is 24.3 Å². The van der Waals surface area contributed by atoms with Crippen molar-refractivity contribution in [1.82, 2.24) is 4.90 Å². The summed E-state index contributed by atoms with van der Waals surface area (Å²) >= 11 is 0. The highest BCUT2D eigenvalue weighted by Crippen LogP contribution is 2.19. The number of methoxy groups -OCH3 is 1. The second kappa shape index (κ2) is 6.66. The van der Waals surface area contributed by atoms with E-state index in [0.717, 1.165) is 30.5 Å². The molecular weight excluding hydrogens is 254 g/mol. The minimum Gasteiger partial charge on any atom is -0.468 e. The maximum atomic E-state index is 12.1. The topological polar surface area (TPSA) is 46.6 Å².